The van der Waals surface area contributed by atoms with Gasteiger partial charge in [-0.2, -0.15) is 5.10 Å². The molecule has 2 N–H and O–H groups in total. The second kappa shape index (κ2) is 6.41. The molecule has 1 unspecified atom stereocenters. The molecule has 3 amide bonds. The molecule has 0 spiro atoms. The minimum atomic E-state index is -0.500. The van der Waals surface area contributed by atoms with Gasteiger partial charge in [0.15, 0.2) is 0 Å². The Bertz CT molecular complexity index is 728. The number of rotatable bonds is 4. The van der Waals surface area contributed by atoms with Crippen molar-refractivity contribution in [2.75, 3.05) is 16.8 Å². The van der Waals surface area contributed by atoms with Crippen LogP contribution in [0.25, 0.3) is 0 Å². The first-order chi connectivity index (χ1) is 11.1. The van der Waals surface area contributed by atoms with Crippen LogP contribution in [0.3, 0.4) is 0 Å². The van der Waals surface area contributed by atoms with Gasteiger partial charge in [-0.1, -0.05) is 15.9 Å². The molecule has 8 heteroatoms. The van der Waals surface area contributed by atoms with Crippen LogP contribution in [-0.2, 0) is 11.3 Å². The maximum atomic E-state index is 12.1. The Morgan fingerprint density at radius 3 is 2.74 bits per heavy atom. The number of anilines is 2. The minimum absolute atomic E-state index is 0.119. The van der Waals surface area contributed by atoms with Crippen molar-refractivity contribution in [2.24, 2.45) is 0 Å². The van der Waals surface area contributed by atoms with Gasteiger partial charge in [0, 0.05) is 22.9 Å². The first-order valence-electron chi connectivity index (χ1n) is 7.23. The number of aryl methyl sites for hydroxylation is 1. The second-order valence-electron chi connectivity index (χ2n) is 5.16. The standard InChI is InChI=1S/C15H16BrN5O2/c1-2-20-8-11(7-17-20)18-15(23)19-13-9-21(14(13)22)12-5-3-10(16)4-6-12/h3-8,13H,2,9H2,1H3,(H2,18,19,23). The van der Waals surface area contributed by atoms with E-state index in [0.29, 0.717) is 12.2 Å². The van der Waals surface area contributed by atoms with Gasteiger partial charge in [-0.3, -0.25) is 9.48 Å². The lowest BCUT2D eigenvalue weighted by Gasteiger charge is -2.38. The number of carbonyl (C=O) groups excluding carboxylic acids is 2. The van der Waals surface area contributed by atoms with Crippen molar-refractivity contribution < 1.29 is 9.59 Å². The molecule has 0 aliphatic carbocycles. The van der Waals surface area contributed by atoms with Crippen LogP contribution in [-0.4, -0.2) is 34.3 Å². The molecule has 7 nitrogen and oxygen atoms in total. The van der Waals surface area contributed by atoms with Crippen LogP contribution in [0.2, 0.25) is 0 Å². The predicted molar refractivity (Wildman–Crippen MR) is 90.3 cm³/mol. The Morgan fingerprint density at radius 2 is 2.13 bits per heavy atom. The van der Waals surface area contributed by atoms with Crippen LogP contribution < -0.4 is 15.5 Å². The summed E-state index contributed by atoms with van der Waals surface area (Å²) < 4.78 is 2.66. The number of urea groups is 1. The molecular formula is C15H16BrN5O2. The fraction of sp³-hybridized carbons (Fsp3) is 0.267. The maximum Gasteiger partial charge on any atom is 0.320 e. The van der Waals surface area contributed by atoms with Gasteiger partial charge in [0.2, 0.25) is 0 Å². The van der Waals surface area contributed by atoms with Crippen molar-refractivity contribution in [3.8, 4) is 0 Å². The van der Waals surface area contributed by atoms with Gasteiger partial charge in [-0.05, 0) is 31.2 Å². The molecule has 120 valence electrons. The van der Waals surface area contributed by atoms with Gasteiger partial charge in [0.25, 0.3) is 5.91 Å². The number of halogens is 1. The highest BCUT2D eigenvalue weighted by Gasteiger charge is 2.38. The van der Waals surface area contributed by atoms with Crippen molar-refractivity contribution in [3.05, 3.63) is 41.1 Å². The molecule has 0 radical (unpaired) electrons. The van der Waals surface area contributed by atoms with Crippen LogP contribution in [0.15, 0.2) is 41.1 Å². The van der Waals surface area contributed by atoms with E-state index in [4.69, 9.17) is 0 Å². The number of amides is 3. The molecule has 1 fully saturated rings. The van der Waals surface area contributed by atoms with E-state index >= 15 is 0 Å². The fourth-order valence-electron chi connectivity index (χ4n) is 2.31. The zero-order valence-electron chi connectivity index (χ0n) is 12.5. The van der Waals surface area contributed by atoms with Crippen molar-refractivity contribution in [1.29, 1.82) is 0 Å². The Kier molecular flexibility index (Phi) is 4.33. The smallest absolute Gasteiger partial charge is 0.320 e. The quantitative estimate of drug-likeness (QED) is 0.801. The number of hydrogen-bond acceptors (Lipinski definition) is 3. The summed E-state index contributed by atoms with van der Waals surface area (Å²) in [4.78, 5) is 25.7. The van der Waals surface area contributed by atoms with Crippen molar-refractivity contribution in [1.82, 2.24) is 15.1 Å². The normalized spacial score (nSPS) is 16.9. The summed E-state index contributed by atoms with van der Waals surface area (Å²) in [6.07, 6.45) is 3.30. The van der Waals surface area contributed by atoms with Gasteiger partial charge < -0.3 is 15.5 Å². The summed E-state index contributed by atoms with van der Waals surface area (Å²) >= 11 is 3.36. The third-order valence-corrected chi connectivity index (χ3v) is 4.12. The fourth-order valence-corrected chi connectivity index (χ4v) is 2.58. The third kappa shape index (κ3) is 3.37. The molecule has 1 saturated heterocycles. The first kappa shape index (κ1) is 15.5. The molecule has 0 bridgehead atoms. The average molecular weight is 378 g/mol. The maximum absolute atomic E-state index is 12.1. The van der Waals surface area contributed by atoms with E-state index in [0.717, 1.165) is 16.7 Å². The molecule has 2 heterocycles. The van der Waals surface area contributed by atoms with Crippen LogP contribution in [0.5, 0.6) is 0 Å². The number of aromatic nitrogens is 2. The van der Waals surface area contributed by atoms with E-state index < -0.39 is 12.1 Å². The summed E-state index contributed by atoms with van der Waals surface area (Å²) in [5, 5.41) is 9.40. The molecule has 0 saturated carbocycles. The molecule has 2 aromatic rings. The summed E-state index contributed by atoms with van der Waals surface area (Å²) in [6, 6.07) is 6.56. The highest BCUT2D eigenvalue weighted by molar-refractivity contribution is 9.10. The molecule has 23 heavy (non-hydrogen) atoms. The number of β-lactam (4-membered cyclic amide) rings is 1. The van der Waals surface area contributed by atoms with Gasteiger partial charge in [0.05, 0.1) is 18.4 Å². The van der Waals surface area contributed by atoms with E-state index in [1.165, 1.54) is 0 Å². The Labute approximate surface area is 141 Å². The van der Waals surface area contributed by atoms with E-state index in [-0.39, 0.29) is 5.91 Å². The van der Waals surface area contributed by atoms with Crippen LogP contribution in [0.4, 0.5) is 16.2 Å². The lowest BCUT2D eigenvalue weighted by molar-refractivity contribution is -0.124. The number of benzene rings is 1. The molecule has 1 aromatic carbocycles. The number of nitrogens with one attached hydrogen (secondary N) is 2. The third-order valence-electron chi connectivity index (χ3n) is 3.59. The van der Waals surface area contributed by atoms with Gasteiger partial charge in [-0.15, -0.1) is 0 Å². The molecular weight excluding hydrogens is 362 g/mol. The molecule has 1 aromatic heterocycles. The van der Waals surface area contributed by atoms with Crippen LogP contribution in [0, 0.1) is 0 Å². The summed E-state index contributed by atoms with van der Waals surface area (Å²) in [6.45, 7) is 3.15. The van der Waals surface area contributed by atoms with Crippen LogP contribution in [0.1, 0.15) is 6.92 Å². The topological polar surface area (TPSA) is 79.3 Å². The second-order valence-corrected chi connectivity index (χ2v) is 6.08. The van der Waals surface area contributed by atoms with E-state index in [1.54, 1.807) is 22.0 Å². The lowest BCUT2D eigenvalue weighted by Crippen LogP contribution is -2.64. The number of hydrogen-bond donors (Lipinski definition) is 2. The molecule has 1 aliphatic rings. The zero-order valence-corrected chi connectivity index (χ0v) is 14.1. The Balaban J connectivity index is 1.53. The molecule has 1 atom stereocenters. The minimum Gasteiger partial charge on any atom is -0.324 e. The van der Waals surface area contributed by atoms with Gasteiger partial charge in [-0.25, -0.2) is 4.79 Å². The summed E-state index contributed by atoms with van der Waals surface area (Å²) in [7, 11) is 0. The van der Waals surface area contributed by atoms with E-state index in [2.05, 4.69) is 31.7 Å². The van der Waals surface area contributed by atoms with Crippen LogP contribution >= 0.6 is 15.9 Å². The van der Waals surface area contributed by atoms with Gasteiger partial charge >= 0.3 is 6.03 Å². The SMILES string of the molecule is CCn1cc(NC(=O)NC2CN(c3ccc(Br)cc3)C2=O)cn1. The number of nitrogens with zero attached hydrogens (tertiary/aromatic N) is 3. The first-order valence-corrected chi connectivity index (χ1v) is 8.03. The lowest BCUT2D eigenvalue weighted by atomic mass is 10.1. The highest BCUT2D eigenvalue weighted by Crippen LogP contribution is 2.24. The predicted octanol–water partition coefficient (Wildman–Crippen LogP) is 2.20. The summed E-state index contributed by atoms with van der Waals surface area (Å²) in [5.74, 6) is -0.119. The van der Waals surface area contributed by atoms with Crippen molar-refractivity contribution in [2.45, 2.75) is 19.5 Å². The largest absolute Gasteiger partial charge is 0.324 e. The average Bonchev–Trinajstić information content (AvgIpc) is 2.99. The van der Waals surface area contributed by atoms with Crippen molar-refractivity contribution in [3.63, 3.8) is 0 Å². The Morgan fingerprint density at radius 1 is 1.39 bits per heavy atom. The zero-order chi connectivity index (χ0) is 16.4. The monoisotopic (exact) mass is 377 g/mol. The van der Waals surface area contributed by atoms with Gasteiger partial charge in [0.1, 0.15) is 6.04 Å². The van der Waals surface area contributed by atoms with E-state index in [9.17, 15) is 9.59 Å². The van der Waals surface area contributed by atoms with Crippen molar-refractivity contribution >= 4 is 39.2 Å². The molecule has 3 rings (SSSR count). The molecule has 1 aliphatic heterocycles. The Hall–Kier alpha value is -2.35. The van der Waals surface area contributed by atoms with E-state index in [1.807, 2.05) is 31.2 Å². The number of carbonyl (C=O) groups is 2. The highest BCUT2D eigenvalue weighted by atomic mass is 79.9. The summed E-state index contributed by atoms with van der Waals surface area (Å²) in [5.41, 5.74) is 1.42.